The Balaban J connectivity index is 4.39. The molecular formula is C18H34O2. The lowest BCUT2D eigenvalue weighted by Crippen LogP contribution is -2.22. The summed E-state index contributed by atoms with van der Waals surface area (Å²) in [6.07, 6.45) is 10.6. The molecule has 0 rings (SSSR count). The summed E-state index contributed by atoms with van der Waals surface area (Å²) in [4.78, 5) is 11.7. The third kappa shape index (κ3) is 9.17. The fourth-order valence-electron chi connectivity index (χ4n) is 2.45. The van der Waals surface area contributed by atoms with Crippen LogP contribution < -0.4 is 0 Å². The van der Waals surface area contributed by atoms with Gasteiger partial charge >= 0.3 is 5.97 Å². The van der Waals surface area contributed by atoms with E-state index in [-0.39, 0.29) is 12.1 Å². The fraction of sp³-hybridized carbons (Fsp3) is 0.833. The van der Waals surface area contributed by atoms with Crippen LogP contribution in [-0.2, 0) is 9.53 Å². The van der Waals surface area contributed by atoms with Gasteiger partial charge in [-0.2, -0.15) is 0 Å². The molecule has 0 radical (unpaired) electrons. The minimum Gasteiger partial charge on any atom is -0.459 e. The summed E-state index contributed by atoms with van der Waals surface area (Å²) in [7, 11) is 0. The van der Waals surface area contributed by atoms with Crippen LogP contribution in [-0.4, -0.2) is 12.1 Å². The van der Waals surface area contributed by atoms with Crippen LogP contribution in [0.1, 0.15) is 85.5 Å². The van der Waals surface area contributed by atoms with Gasteiger partial charge in [0.2, 0.25) is 0 Å². The summed E-state index contributed by atoms with van der Waals surface area (Å²) in [5.41, 5.74) is 0.507. The number of ether oxygens (including phenoxy) is 1. The van der Waals surface area contributed by atoms with E-state index in [9.17, 15) is 4.79 Å². The molecule has 0 saturated heterocycles. The van der Waals surface area contributed by atoms with Crippen molar-refractivity contribution in [2.24, 2.45) is 5.92 Å². The number of hydrogen-bond acceptors (Lipinski definition) is 2. The molecule has 0 N–H and O–H groups in total. The predicted molar refractivity (Wildman–Crippen MR) is 86.8 cm³/mol. The number of carbonyl (C=O) groups excluding carboxylic acids is 1. The maximum Gasteiger partial charge on any atom is 0.333 e. The zero-order valence-electron chi connectivity index (χ0n) is 14.0. The normalized spacial score (nSPS) is 13.8. The van der Waals surface area contributed by atoms with Gasteiger partial charge in [-0.1, -0.05) is 65.9 Å². The first-order valence-corrected chi connectivity index (χ1v) is 8.41. The van der Waals surface area contributed by atoms with Gasteiger partial charge in [-0.25, -0.2) is 4.79 Å². The second kappa shape index (κ2) is 12.0. The van der Waals surface area contributed by atoms with Crippen molar-refractivity contribution < 1.29 is 9.53 Å². The molecular weight excluding hydrogens is 248 g/mol. The summed E-state index contributed by atoms with van der Waals surface area (Å²) in [6.45, 7) is 12.1. The molecule has 118 valence electrons. The molecule has 2 heteroatoms. The molecule has 0 aromatic rings. The highest BCUT2D eigenvalue weighted by Crippen LogP contribution is 2.23. The van der Waals surface area contributed by atoms with Crippen molar-refractivity contribution in [2.75, 3.05) is 0 Å². The first kappa shape index (κ1) is 19.2. The van der Waals surface area contributed by atoms with Crippen molar-refractivity contribution >= 4 is 5.97 Å². The maximum atomic E-state index is 11.7. The van der Waals surface area contributed by atoms with E-state index >= 15 is 0 Å². The number of carbonyl (C=O) groups is 1. The predicted octanol–water partition coefficient (Wildman–Crippen LogP) is 5.66. The Labute approximate surface area is 126 Å². The Morgan fingerprint density at radius 3 is 2.20 bits per heavy atom. The van der Waals surface area contributed by atoms with Crippen LogP contribution in [0.15, 0.2) is 12.2 Å². The van der Waals surface area contributed by atoms with E-state index in [0.717, 1.165) is 19.3 Å². The molecule has 0 aromatic heterocycles. The summed E-state index contributed by atoms with van der Waals surface area (Å²) in [5, 5.41) is 0. The van der Waals surface area contributed by atoms with E-state index in [1.54, 1.807) is 6.92 Å². The van der Waals surface area contributed by atoms with Gasteiger partial charge in [0.15, 0.2) is 0 Å². The Morgan fingerprint density at radius 2 is 1.70 bits per heavy atom. The van der Waals surface area contributed by atoms with Gasteiger partial charge in [-0.15, -0.1) is 0 Å². The van der Waals surface area contributed by atoms with Crippen molar-refractivity contribution in [1.29, 1.82) is 0 Å². The van der Waals surface area contributed by atoms with Crippen molar-refractivity contribution in [2.45, 2.75) is 91.6 Å². The molecule has 0 fully saturated rings. The Bertz CT molecular complexity index is 271. The third-order valence-electron chi connectivity index (χ3n) is 3.89. The first-order valence-electron chi connectivity index (χ1n) is 8.41. The molecule has 2 nitrogen and oxygen atoms in total. The topological polar surface area (TPSA) is 26.3 Å². The fourth-order valence-corrected chi connectivity index (χ4v) is 2.45. The van der Waals surface area contributed by atoms with Gasteiger partial charge < -0.3 is 4.74 Å². The molecule has 0 amide bonds. The van der Waals surface area contributed by atoms with Gasteiger partial charge in [-0.05, 0) is 32.1 Å². The lowest BCUT2D eigenvalue weighted by molar-refractivity contribution is -0.145. The van der Waals surface area contributed by atoms with E-state index < -0.39 is 0 Å². The zero-order valence-corrected chi connectivity index (χ0v) is 14.0. The second-order valence-electron chi connectivity index (χ2n) is 5.96. The van der Waals surface area contributed by atoms with Gasteiger partial charge in [0.05, 0.1) is 0 Å². The highest BCUT2D eigenvalue weighted by molar-refractivity contribution is 5.87. The van der Waals surface area contributed by atoms with Crippen LogP contribution in [0.5, 0.6) is 0 Å². The highest BCUT2D eigenvalue weighted by atomic mass is 16.5. The minimum absolute atomic E-state index is 0.0764. The molecule has 0 heterocycles. The Kier molecular flexibility index (Phi) is 11.5. The molecule has 0 aliphatic carbocycles. The van der Waals surface area contributed by atoms with Gasteiger partial charge in [0.25, 0.3) is 0 Å². The standard InChI is InChI=1S/C18H34O2/c1-6-9-11-13-17(20-18(19)15(4)5)14-16(8-3)12-10-7-2/h16-17H,4,6-14H2,1-3,5H3. The quantitative estimate of drug-likeness (QED) is 0.262. The summed E-state index contributed by atoms with van der Waals surface area (Å²) in [5.74, 6) is 0.455. The SMILES string of the molecule is C=C(C)C(=O)OC(CCCCC)CC(CC)CCCC. The van der Waals surface area contributed by atoms with Crippen LogP contribution in [0.2, 0.25) is 0 Å². The largest absolute Gasteiger partial charge is 0.459 e. The average Bonchev–Trinajstić information content (AvgIpc) is 2.42. The molecule has 0 aromatic carbocycles. The smallest absolute Gasteiger partial charge is 0.333 e. The van der Waals surface area contributed by atoms with E-state index in [1.807, 2.05) is 0 Å². The molecule has 0 aliphatic heterocycles. The third-order valence-corrected chi connectivity index (χ3v) is 3.89. The first-order chi connectivity index (χ1) is 9.54. The lowest BCUT2D eigenvalue weighted by atomic mass is 9.91. The molecule has 0 saturated carbocycles. The number of rotatable bonds is 12. The van der Waals surface area contributed by atoms with Crippen molar-refractivity contribution in [3.8, 4) is 0 Å². The van der Waals surface area contributed by atoms with E-state index in [4.69, 9.17) is 4.74 Å². The number of hydrogen-bond donors (Lipinski definition) is 0. The highest BCUT2D eigenvalue weighted by Gasteiger charge is 2.19. The summed E-state index contributed by atoms with van der Waals surface area (Å²) in [6, 6.07) is 0. The van der Waals surface area contributed by atoms with Crippen LogP contribution in [0.25, 0.3) is 0 Å². The summed E-state index contributed by atoms with van der Waals surface area (Å²) >= 11 is 0. The summed E-state index contributed by atoms with van der Waals surface area (Å²) < 4.78 is 5.63. The van der Waals surface area contributed by atoms with E-state index in [2.05, 4.69) is 27.4 Å². The van der Waals surface area contributed by atoms with Crippen LogP contribution >= 0.6 is 0 Å². The van der Waals surface area contributed by atoms with Crippen molar-refractivity contribution in [3.05, 3.63) is 12.2 Å². The molecule has 0 aliphatic rings. The molecule has 20 heavy (non-hydrogen) atoms. The van der Waals surface area contributed by atoms with Crippen LogP contribution in [0, 0.1) is 5.92 Å². The molecule has 2 unspecified atom stereocenters. The lowest BCUT2D eigenvalue weighted by Gasteiger charge is -2.23. The van der Waals surface area contributed by atoms with Crippen LogP contribution in [0.3, 0.4) is 0 Å². The number of unbranched alkanes of at least 4 members (excludes halogenated alkanes) is 3. The van der Waals surface area contributed by atoms with Crippen LogP contribution in [0.4, 0.5) is 0 Å². The monoisotopic (exact) mass is 282 g/mol. The van der Waals surface area contributed by atoms with Crippen molar-refractivity contribution in [3.63, 3.8) is 0 Å². The zero-order chi connectivity index (χ0) is 15.4. The van der Waals surface area contributed by atoms with Gasteiger partial charge in [0, 0.05) is 5.57 Å². The molecule has 0 bridgehead atoms. The molecule has 2 atom stereocenters. The van der Waals surface area contributed by atoms with Gasteiger partial charge in [0.1, 0.15) is 6.10 Å². The van der Waals surface area contributed by atoms with E-state index in [1.165, 1.54) is 38.5 Å². The van der Waals surface area contributed by atoms with Gasteiger partial charge in [-0.3, -0.25) is 0 Å². The van der Waals surface area contributed by atoms with E-state index in [0.29, 0.717) is 11.5 Å². The minimum atomic E-state index is -0.225. The Hall–Kier alpha value is -0.790. The van der Waals surface area contributed by atoms with Crippen molar-refractivity contribution in [1.82, 2.24) is 0 Å². The molecule has 0 spiro atoms. The number of esters is 1. The second-order valence-corrected chi connectivity index (χ2v) is 5.96. The maximum absolute atomic E-state index is 11.7. The average molecular weight is 282 g/mol. The Morgan fingerprint density at radius 1 is 1.05 bits per heavy atom.